The highest BCUT2D eigenvalue weighted by atomic mass is 16.7. The zero-order chi connectivity index (χ0) is 21.8. The predicted molar refractivity (Wildman–Crippen MR) is 113 cm³/mol. The molecule has 164 valence electrons. The maximum Gasteiger partial charge on any atom is 0.188 e. The molecular formula is C23H30O7. The van der Waals surface area contributed by atoms with Crippen molar-refractivity contribution in [2.45, 2.75) is 13.3 Å². The fourth-order valence-corrected chi connectivity index (χ4v) is 3.13. The second-order valence-corrected chi connectivity index (χ2v) is 6.48. The van der Waals surface area contributed by atoms with Crippen LogP contribution in [0.2, 0.25) is 0 Å². The van der Waals surface area contributed by atoms with Crippen LogP contribution in [0, 0.1) is 0 Å². The summed E-state index contributed by atoms with van der Waals surface area (Å²) in [5.41, 5.74) is 3.03. The fraction of sp³-hybridized carbons (Fsp3) is 0.435. The number of hydrogen-bond acceptors (Lipinski definition) is 7. The van der Waals surface area contributed by atoms with Gasteiger partial charge in [0.15, 0.2) is 19.4 Å². The van der Waals surface area contributed by atoms with Gasteiger partial charge in [-0.05, 0) is 24.5 Å². The van der Waals surface area contributed by atoms with Crippen molar-refractivity contribution in [2.75, 3.05) is 54.7 Å². The van der Waals surface area contributed by atoms with Crippen molar-refractivity contribution in [3.8, 4) is 22.6 Å². The van der Waals surface area contributed by atoms with Crippen LogP contribution in [0.4, 0.5) is 0 Å². The standard InChI is InChI=1S/C23H30O7/c1-17(24)22-19(10-11-28-13-12-25-2)23(18-8-6-5-7-9-18)21(30-16-27-4)14-20(22)29-15-26-3/h5-9,14H,10-13,15-16H2,1-4H3. The SMILES string of the molecule is COCCOCCc1c(C(C)=O)c(OCOC)cc(OCOC)c1-c1ccccc1. The lowest BCUT2D eigenvalue weighted by Gasteiger charge is -2.21. The van der Waals surface area contributed by atoms with Gasteiger partial charge in [0.05, 0.1) is 25.4 Å². The first-order valence-corrected chi connectivity index (χ1v) is 9.70. The molecule has 0 saturated carbocycles. The summed E-state index contributed by atoms with van der Waals surface area (Å²) in [4.78, 5) is 12.6. The highest BCUT2D eigenvalue weighted by molar-refractivity contribution is 6.01. The van der Waals surface area contributed by atoms with Gasteiger partial charge in [-0.1, -0.05) is 30.3 Å². The van der Waals surface area contributed by atoms with Gasteiger partial charge in [0.2, 0.25) is 0 Å². The summed E-state index contributed by atoms with van der Waals surface area (Å²) in [6.07, 6.45) is 0.496. The quantitative estimate of drug-likeness (QED) is 0.263. The summed E-state index contributed by atoms with van der Waals surface area (Å²) in [6, 6.07) is 11.5. The van der Waals surface area contributed by atoms with E-state index in [1.54, 1.807) is 20.3 Å². The lowest BCUT2D eigenvalue weighted by molar-refractivity contribution is 0.0455. The van der Waals surface area contributed by atoms with Crippen LogP contribution in [0.1, 0.15) is 22.8 Å². The number of benzene rings is 2. The average molecular weight is 418 g/mol. The minimum absolute atomic E-state index is 0.0124. The highest BCUT2D eigenvalue weighted by Crippen LogP contribution is 2.41. The van der Waals surface area contributed by atoms with E-state index in [1.165, 1.54) is 14.0 Å². The third kappa shape index (κ3) is 6.53. The normalized spacial score (nSPS) is 10.8. The van der Waals surface area contributed by atoms with E-state index < -0.39 is 0 Å². The Hall–Kier alpha value is -2.45. The average Bonchev–Trinajstić information content (AvgIpc) is 2.76. The molecule has 0 spiro atoms. The second kappa shape index (κ2) is 13.0. The van der Waals surface area contributed by atoms with E-state index in [9.17, 15) is 4.79 Å². The van der Waals surface area contributed by atoms with Gasteiger partial charge in [-0.15, -0.1) is 0 Å². The fourth-order valence-electron chi connectivity index (χ4n) is 3.13. The number of Topliss-reactive ketones (excluding diaryl/α,β-unsaturated/α-hetero) is 1. The molecule has 0 aliphatic heterocycles. The largest absolute Gasteiger partial charge is 0.467 e. The molecule has 0 aliphatic carbocycles. The Labute approximate surface area is 177 Å². The summed E-state index contributed by atoms with van der Waals surface area (Å²) in [5.74, 6) is 0.858. The van der Waals surface area contributed by atoms with Gasteiger partial charge < -0.3 is 28.4 Å². The molecule has 0 saturated heterocycles. The third-order valence-electron chi connectivity index (χ3n) is 4.37. The van der Waals surface area contributed by atoms with Crippen LogP contribution < -0.4 is 9.47 Å². The van der Waals surface area contributed by atoms with Crippen LogP contribution >= 0.6 is 0 Å². The zero-order valence-corrected chi connectivity index (χ0v) is 18.1. The topological polar surface area (TPSA) is 72.5 Å². The van der Waals surface area contributed by atoms with Crippen molar-refractivity contribution in [1.82, 2.24) is 0 Å². The van der Waals surface area contributed by atoms with E-state index in [1.807, 2.05) is 30.3 Å². The van der Waals surface area contributed by atoms with E-state index in [-0.39, 0.29) is 19.4 Å². The molecule has 0 atom stereocenters. The maximum atomic E-state index is 12.6. The zero-order valence-electron chi connectivity index (χ0n) is 18.1. The van der Waals surface area contributed by atoms with Gasteiger partial charge in [-0.2, -0.15) is 0 Å². The van der Waals surface area contributed by atoms with Gasteiger partial charge in [0.25, 0.3) is 0 Å². The number of ketones is 1. The molecule has 2 aromatic rings. The number of ether oxygens (including phenoxy) is 6. The molecule has 2 rings (SSSR count). The molecule has 7 nitrogen and oxygen atoms in total. The predicted octanol–water partition coefficient (Wildman–Crippen LogP) is 3.73. The maximum absolute atomic E-state index is 12.6. The van der Waals surface area contributed by atoms with Crippen molar-refractivity contribution in [2.24, 2.45) is 0 Å². The molecule has 2 aromatic carbocycles. The Morgan fingerprint density at radius 2 is 1.50 bits per heavy atom. The minimum atomic E-state index is -0.108. The molecule has 0 radical (unpaired) electrons. The van der Waals surface area contributed by atoms with Crippen LogP contribution in [0.25, 0.3) is 11.1 Å². The summed E-state index contributed by atoms with van der Waals surface area (Å²) < 4.78 is 32.4. The summed E-state index contributed by atoms with van der Waals surface area (Å²) in [6.45, 7) is 2.99. The molecule has 0 aromatic heterocycles. The summed E-state index contributed by atoms with van der Waals surface area (Å²) in [7, 11) is 4.71. The Morgan fingerprint density at radius 1 is 0.833 bits per heavy atom. The van der Waals surface area contributed by atoms with Crippen LogP contribution in [0.3, 0.4) is 0 Å². The molecule has 0 amide bonds. The Morgan fingerprint density at radius 3 is 2.10 bits per heavy atom. The molecule has 0 unspecified atom stereocenters. The molecule has 0 aliphatic rings. The number of hydrogen-bond donors (Lipinski definition) is 0. The van der Waals surface area contributed by atoms with Crippen molar-refractivity contribution < 1.29 is 33.2 Å². The summed E-state index contributed by atoms with van der Waals surface area (Å²) >= 11 is 0. The lowest BCUT2D eigenvalue weighted by atomic mass is 9.90. The molecule has 30 heavy (non-hydrogen) atoms. The number of carbonyl (C=O) groups excluding carboxylic acids is 1. The van der Waals surface area contributed by atoms with Crippen LogP contribution in [-0.2, 0) is 25.4 Å². The molecule has 0 bridgehead atoms. The van der Waals surface area contributed by atoms with Crippen molar-refractivity contribution in [3.05, 3.63) is 47.5 Å². The number of rotatable bonds is 14. The minimum Gasteiger partial charge on any atom is -0.467 e. The molecule has 0 heterocycles. The van der Waals surface area contributed by atoms with Crippen LogP contribution in [0.15, 0.2) is 36.4 Å². The highest BCUT2D eigenvalue weighted by Gasteiger charge is 2.24. The van der Waals surface area contributed by atoms with Gasteiger partial charge in [0.1, 0.15) is 11.5 Å². The van der Waals surface area contributed by atoms with Gasteiger partial charge in [-0.3, -0.25) is 4.79 Å². The first kappa shape index (κ1) is 23.8. The second-order valence-electron chi connectivity index (χ2n) is 6.48. The number of carbonyl (C=O) groups is 1. The van der Waals surface area contributed by atoms with E-state index >= 15 is 0 Å². The van der Waals surface area contributed by atoms with E-state index in [0.29, 0.717) is 43.3 Å². The Balaban J connectivity index is 2.60. The van der Waals surface area contributed by atoms with E-state index in [0.717, 1.165) is 16.7 Å². The van der Waals surface area contributed by atoms with Crippen molar-refractivity contribution in [1.29, 1.82) is 0 Å². The van der Waals surface area contributed by atoms with Crippen molar-refractivity contribution >= 4 is 5.78 Å². The lowest BCUT2D eigenvalue weighted by Crippen LogP contribution is -2.13. The molecule has 0 fully saturated rings. The van der Waals surface area contributed by atoms with E-state index in [2.05, 4.69) is 0 Å². The Bertz CT molecular complexity index is 790. The number of methoxy groups -OCH3 is 3. The first-order chi connectivity index (χ1) is 14.6. The van der Waals surface area contributed by atoms with Crippen LogP contribution in [-0.4, -0.2) is 60.5 Å². The molecule has 0 N–H and O–H groups in total. The smallest absolute Gasteiger partial charge is 0.188 e. The first-order valence-electron chi connectivity index (χ1n) is 9.70. The monoisotopic (exact) mass is 418 g/mol. The van der Waals surface area contributed by atoms with Gasteiger partial charge in [0, 0.05) is 33.0 Å². The summed E-state index contributed by atoms with van der Waals surface area (Å²) in [5, 5.41) is 0. The Kier molecular flexibility index (Phi) is 10.3. The van der Waals surface area contributed by atoms with Gasteiger partial charge >= 0.3 is 0 Å². The molecular weight excluding hydrogens is 388 g/mol. The van der Waals surface area contributed by atoms with Gasteiger partial charge in [-0.25, -0.2) is 0 Å². The van der Waals surface area contributed by atoms with Crippen molar-refractivity contribution in [3.63, 3.8) is 0 Å². The molecule has 7 heteroatoms. The third-order valence-corrected chi connectivity index (χ3v) is 4.37. The van der Waals surface area contributed by atoms with E-state index in [4.69, 9.17) is 28.4 Å². The van der Waals surface area contributed by atoms with Crippen LogP contribution in [0.5, 0.6) is 11.5 Å².